The highest BCUT2D eigenvalue weighted by atomic mass is 32.1. The molecule has 126 valence electrons. The normalized spacial score (nSPS) is 16.5. The largest absolute Gasteiger partial charge is 0.327 e. The van der Waals surface area contributed by atoms with E-state index in [1.165, 1.54) is 0 Å². The number of amides is 1. The third kappa shape index (κ3) is 3.86. The minimum absolute atomic E-state index is 0.129. The van der Waals surface area contributed by atoms with E-state index in [2.05, 4.69) is 11.4 Å². The van der Waals surface area contributed by atoms with Gasteiger partial charge in [0.2, 0.25) is 0 Å². The number of carbonyl (C=O) groups excluding carboxylic acids is 1. The Kier molecular flexibility index (Phi) is 4.81. The first-order chi connectivity index (χ1) is 11.9. The molecule has 2 aromatic rings. The zero-order valence-corrected chi connectivity index (χ0v) is 15.4. The topological polar surface area (TPSA) is 32.3 Å². The van der Waals surface area contributed by atoms with E-state index >= 15 is 0 Å². The van der Waals surface area contributed by atoms with E-state index in [1.807, 2.05) is 75.4 Å². The fourth-order valence-electron chi connectivity index (χ4n) is 2.93. The smallest absolute Gasteiger partial charge is 0.281 e. The molecule has 1 fully saturated rings. The molecular weight excluding hydrogens is 328 g/mol. The van der Waals surface area contributed by atoms with Crippen LogP contribution in [0.5, 0.6) is 0 Å². The van der Waals surface area contributed by atoms with Gasteiger partial charge in [0.1, 0.15) is 5.70 Å². The van der Waals surface area contributed by atoms with E-state index in [0.29, 0.717) is 10.8 Å². The molecule has 4 heteroatoms. The summed E-state index contributed by atoms with van der Waals surface area (Å²) in [6.45, 7) is 5.99. The lowest BCUT2D eigenvalue weighted by Gasteiger charge is -2.15. The fraction of sp³-hybridized carbons (Fsp3) is 0.143. The van der Waals surface area contributed by atoms with Gasteiger partial charge in [0, 0.05) is 0 Å². The Balaban J connectivity index is 1.89. The monoisotopic (exact) mass is 348 g/mol. The summed E-state index contributed by atoms with van der Waals surface area (Å²) in [4.78, 5) is 14.4. The van der Waals surface area contributed by atoms with Gasteiger partial charge in [-0.25, -0.2) is 0 Å². The van der Waals surface area contributed by atoms with Gasteiger partial charge in [-0.2, -0.15) is 0 Å². The van der Waals surface area contributed by atoms with Crippen molar-refractivity contribution in [1.82, 2.24) is 5.32 Å². The fourth-order valence-corrected chi connectivity index (χ4v) is 3.23. The molecule has 3 rings (SSSR count). The predicted octanol–water partition coefficient (Wildman–Crippen LogP) is 4.51. The average Bonchev–Trinajstić information content (AvgIpc) is 2.81. The number of benzene rings is 2. The first kappa shape index (κ1) is 17.1. The van der Waals surface area contributed by atoms with Gasteiger partial charge in [-0.1, -0.05) is 42.5 Å². The Bertz CT molecular complexity index is 877. The summed E-state index contributed by atoms with van der Waals surface area (Å²) in [5.41, 5.74) is 5.57. The molecule has 2 aromatic carbocycles. The third-order valence-electron chi connectivity index (χ3n) is 3.91. The van der Waals surface area contributed by atoms with Crippen LogP contribution in [0.4, 0.5) is 5.69 Å². The molecule has 1 aliphatic rings. The summed E-state index contributed by atoms with van der Waals surface area (Å²) in [6, 6.07) is 16.0. The zero-order chi connectivity index (χ0) is 18.0. The Labute approximate surface area is 153 Å². The maximum atomic E-state index is 12.8. The first-order valence-electron chi connectivity index (χ1n) is 8.13. The Hall–Kier alpha value is -2.72. The Morgan fingerprint density at radius 3 is 2.36 bits per heavy atom. The molecule has 0 radical (unpaired) electrons. The number of allylic oxidation sites excluding steroid dienone is 2. The number of carbonyl (C=O) groups is 1. The van der Waals surface area contributed by atoms with Crippen molar-refractivity contribution in [2.24, 2.45) is 0 Å². The molecule has 1 heterocycles. The molecule has 0 unspecified atom stereocenters. The zero-order valence-electron chi connectivity index (χ0n) is 14.5. The van der Waals surface area contributed by atoms with Crippen LogP contribution in [0.2, 0.25) is 0 Å². The first-order valence-corrected chi connectivity index (χ1v) is 8.53. The molecule has 1 N–H and O–H groups in total. The highest BCUT2D eigenvalue weighted by molar-refractivity contribution is 7.80. The molecule has 0 saturated carbocycles. The highest BCUT2D eigenvalue weighted by Gasteiger charge is 2.32. The molecule has 25 heavy (non-hydrogen) atoms. The van der Waals surface area contributed by atoms with Crippen LogP contribution in [-0.4, -0.2) is 11.0 Å². The summed E-state index contributed by atoms with van der Waals surface area (Å²) in [5, 5.41) is 3.45. The Morgan fingerprint density at radius 2 is 1.72 bits per heavy atom. The summed E-state index contributed by atoms with van der Waals surface area (Å²) < 4.78 is 0. The molecule has 0 aliphatic carbocycles. The second-order valence-corrected chi connectivity index (χ2v) is 6.66. The van der Waals surface area contributed by atoms with Gasteiger partial charge in [0.15, 0.2) is 5.11 Å². The van der Waals surface area contributed by atoms with Gasteiger partial charge in [0.05, 0.1) is 5.69 Å². The van der Waals surface area contributed by atoms with E-state index < -0.39 is 0 Å². The number of nitrogens with zero attached hydrogens (tertiary/aromatic N) is 1. The third-order valence-corrected chi connectivity index (χ3v) is 4.19. The van der Waals surface area contributed by atoms with Crippen molar-refractivity contribution in [1.29, 1.82) is 0 Å². The van der Waals surface area contributed by atoms with Crippen LogP contribution in [0.25, 0.3) is 6.08 Å². The number of anilines is 1. The molecule has 1 amide bonds. The van der Waals surface area contributed by atoms with Crippen molar-refractivity contribution in [2.75, 3.05) is 4.90 Å². The van der Waals surface area contributed by atoms with Gasteiger partial charge in [-0.15, -0.1) is 0 Å². The number of thiocarbonyl (C=S) groups is 1. The number of hydrogen-bond donors (Lipinski definition) is 1. The van der Waals surface area contributed by atoms with Gasteiger partial charge in [0.25, 0.3) is 5.91 Å². The van der Waals surface area contributed by atoms with Crippen molar-refractivity contribution in [3.8, 4) is 0 Å². The van der Waals surface area contributed by atoms with Gasteiger partial charge >= 0.3 is 0 Å². The van der Waals surface area contributed by atoms with Crippen molar-refractivity contribution in [3.05, 3.63) is 82.6 Å². The standard InChI is InChI=1S/C21H20N2OS/c1-14-9-15(2)12-18(11-14)23-20(24)19(22-21(23)25)13-16(3)10-17-7-5-4-6-8-17/h4-13H,1-3H3,(H,22,25)/b16-10+,19-13-. The number of hydrogen-bond acceptors (Lipinski definition) is 2. The van der Waals surface area contributed by atoms with Crippen molar-refractivity contribution < 1.29 is 4.79 Å². The van der Waals surface area contributed by atoms with Crippen molar-refractivity contribution >= 4 is 35.0 Å². The van der Waals surface area contributed by atoms with E-state index in [0.717, 1.165) is 28.0 Å². The lowest BCUT2D eigenvalue weighted by Crippen LogP contribution is -2.30. The highest BCUT2D eigenvalue weighted by Crippen LogP contribution is 2.24. The lowest BCUT2D eigenvalue weighted by atomic mass is 10.1. The second kappa shape index (κ2) is 7.03. The van der Waals surface area contributed by atoms with Crippen molar-refractivity contribution in [3.63, 3.8) is 0 Å². The van der Waals surface area contributed by atoms with E-state index in [4.69, 9.17) is 12.2 Å². The van der Waals surface area contributed by atoms with Gasteiger partial charge in [-0.3, -0.25) is 9.69 Å². The van der Waals surface area contributed by atoms with Crippen LogP contribution >= 0.6 is 12.2 Å². The summed E-state index contributed by atoms with van der Waals surface area (Å²) >= 11 is 5.38. The van der Waals surface area contributed by atoms with Crippen LogP contribution < -0.4 is 10.2 Å². The molecule has 0 aromatic heterocycles. The van der Waals surface area contributed by atoms with Crippen LogP contribution in [-0.2, 0) is 4.79 Å². The molecule has 0 atom stereocenters. The van der Waals surface area contributed by atoms with E-state index in [9.17, 15) is 4.79 Å². The molecule has 0 spiro atoms. The average molecular weight is 348 g/mol. The van der Waals surface area contributed by atoms with Crippen LogP contribution in [0, 0.1) is 13.8 Å². The molecule has 1 saturated heterocycles. The summed E-state index contributed by atoms with van der Waals surface area (Å²) in [5.74, 6) is -0.129. The van der Waals surface area contributed by atoms with E-state index in [-0.39, 0.29) is 5.91 Å². The quantitative estimate of drug-likeness (QED) is 0.654. The maximum absolute atomic E-state index is 12.8. The minimum atomic E-state index is -0.129. The number of rotatable bonds is 3. The van der Waals surface area contributed by atoms with Crippen LogP contribution in [0.15, 0.2) is 65.9 Å². The van der Waals surface area contributed by atoms with Crippen molar-refractivity contribution in [2.45, 2.75) is 20.8 Å². The minimum Gasteiger partial charge on any atom is -0.327 e. The van der Waals surface area contributed by atoms with Gasteiger partial charge in [-0.05, 0) is 73.5 Å². The number of nitrogens with one attached hydrogen (secondary N) is 1. The molecule has 1 aliphatic heterocycles. The lowest BCUT2D eigenvalue weighted by molar-refractivity contribution is -0.113. The predicted molar refractivity (Wildman–Crippen MR) is 107 cm³/mol. The number of aryl methyl sites for hydroxylation is 2. The summed E-state index contributed by atoms with van der Waals surface area (Å²) in [7, 11) is 0. The second-order valence-electron chi connectivity index (χ2n) is 6.27. The van der Waals surface area contributed by atoms with Crippen LogP contribution in [0.3, 0.4) is 0 Å². The van der Waals surface area contributed by atoms with E-state index in [1.54, 1.807) is 4.90 Å². The molecule has 0 bridgehead atoms. The molecule has 3 nitrogen and oxygen atoms in total. The van der Waals surface area contributed by atoms with Gasteiger partial charge < -0.3 is 5.32 Å². The summed E-state index contributed by atoms with van der Waals surface area (Å²) in [6.07, 6.45) is 3.87. The maximum Gasteiger partial charge on any atom is 0.281 e. The Morgan fingerprint density at radius 1 is 1.08 bits per heavy atom. The van der Waals surface area contributed by atoms with Crippen LogP contribution in [0.1, 0.15) is 23.6 Å². The SMILES string of the molecule is CC(/C=C1\NC(=S)N(c2cc(C)cc(C)c2)C1=O)=C\c1ccccc1. The molecular formula is C21H20N2OS.